The van der Waals surface area contributed by atoms with Gasteiger partial charge in [0.1, 0.15) is 6.23 Å². The standard InChI is InChI=1S/C16H26N2O/c1-3-18-12-4-5-15(18)10-11-17-16(19)14-8-6-13(2)7-9-14/h6-9,15-17,19H,3-5,10-12H2,1-2H3. The first kappa shape index (κ1) is 14.5. The summed E-state index contributed by atoms with van der Waals surface area (Å²) in [4.78, 5) is 2.54. The zero-order chi connectivity index (χ0) is 13.7. The maximum atomic E-state index is 10.1. The molecule has 3 heteroatoms. The Bertz CT molecular complexity index is 377. The molecule has 1 heterocycles. The van der Waals surface area contributed by atoms with Gasteiger partial charge in [0.25, 0.3) is 0 Å². The number of aliphatic hydroxyl groups excluding tert-OH is 1. The number of likely N-dealkylation sites (tertiary alicyclic amines) is 1. The van der Waals surface area contributed by atoms with E-state index in [2.05, 4.69) is 24.1 Å². The van der Waals surface area contributed by atoms with Gasteiger partial charge in [-0.2, -0.15) is 0 Å². The Morgan fingerprint density at radius 2 is 2.11 bits per heavy atom. The van der Waals surface area contributed by atoms with E-state index >= 15 is 0 Å². The minimum atomic E-state index is -0.544. The Balaban J connectivity index is 1.74. The SMILES string of the molecule is CCN1CCCC1CCNC(O)c1ccc(C)cc1. The predicted molar refractivity (Wildman–Crippen MR) is 79.0 cm³/mol. The topological polar surface area (TPSA) is 35.5 Å². The van der Waals surface area contributed by atoms with Gasteiger partial charge in [-0.25, -0.2) is 0 Å². The number of nitrogens with zero attached hydrogens (tertiary/aromatic N) is 1. The first-order valence-electron chi connectivity index (χ1n) is 7.42. The van der Waals surface area contributed by atoms with E-state index in [1.807, 2.05) is 24.3 Å². The Kier molecular flexibility index (Phi) is 5.37. The lowest BCUT2D eigenvalue weighted by Gasteiger charge is -2.23. The highest BCUT2D eigenvalue weighted by molar-refractivity contribution is 5.22. The molecule has 1 aliphatic heterocycles. The van der Waals surface area contributed by atoms with Crippen LogP contribution in [0.25, 0.3) is 0 Å². The van der Waals surface area contributed by atoms with Gasteiger partial charge in [0, 0.05) is 6.04 Å². The predicted octanol–water partition coefficient (Wildman–Crippen LogP) is 2.45. The van der Waals surface area contributed by atoms with Crippen molar-refractivity contribution >= 4 is 0 Å². The van der Waals surface area contributed by atoms with E-state index in [0.717, 1.165) is 25.1 Å². The van der Waals surface area contributed by atoms with Crippen molar-refractivity contribution in [1.29, 1.82) is 0 Å². The Morgan fingerprint density at radius 3 is 2.79 bits per heavy atom. The molecule has 1 fully saturated rings. The molecule has 0 radical (unpaired) electrons. The number of aryl methyl sites for hydroxylation is 1. The van der Waals surface area contributed by atoms with E-state index in [9.17, 15) is 5.11 Å². The van der Waals surface area contributed by atoms with Gasteiger partial charge in [-0.05, 0) is 51.4 Å². The van der Waals surface area contributed by atoms with E-state index in [1.54, 1.807) is 0 Å². The van der Waals surface area contributed by atoms with Gasteiger partial charge < -0.3 is 10.0 Å². The molecule has 0 spiro atoms. The average Bonchev–Trinajstić information content (AvgIpc) is 2.87. The van der Waals surface area contributed by atoms with Gasteiger partial charge in [0.05, 0.1) is 0 Å². The van der Waals surface area contributed by atoms with E-state index in [1.165, 1.54) is 24.9 Å². The van der Waals surface area contributed by atoms with E-state index in [4.69, 9.17) is 0 Å². The van der Waals surface area contributed by atoms with Gasteiger partial charge >= 0.3 is 0 Å². The average molecular weight is 262 g/mol. The lowest BCUT2D eigenvalue weighted by molar-refractivity contribution is 0.134. The number of hydrogen-bond donors (Lipinski definition) is 2. The van der Waals surface area contributed by atoms with E-state index in [0.29, 0.717) is 6.04 Å². The fourth-order valence-corrected chi connectivity index (χ4v) is 2.89. The molecule has 2 atom stereocenters. The van der Waals surface area contributed by atoms with Crippen molar-refractivity contribution in [2.45, 2.75) is 45.4 Å². The molecule has 3 nitrogen and oxygen atoms in total. The van der Waals surface area contributed by atoms with Crippen LogP contribution in [0.5, 0.6) is 0 Å². The Hall–Kier alpha value is -0.900. The van der Waals surface area contributed by atoms with Crippen molar-refractivity contribution in [2.24, 2.45) is 0 Å². The third-order valence-corrected chi connectivity index (χ3v) is 4.11. The summed E-state index contributed by atoms with van der Waals surface area (Å²) in [5.41, 5.74) is 2.17. The number of hydrogen-bond acceptors (Lipinski definition) is 3. The summed E-state index contributed by atoms with van der Waals surface area (Å²) >= 11 is 0. The van der Waals surface area contributed by atoms with E-state index in [-0.39, 0.29) is 0 Å². The summed E-state index contributed by atoms with van der Waals surface area (Å²) in [6.07, 6.45) is 3.20. The van der Waals surface area contributed by atoms with Crippen LogP contribution < -0.4 is 5.32 Å². The van der Waals surface area contributed by atoms with Crippen molar-refractivity contribution in [3.05, 3.63) is 35.4 Å². The van der Waals surface area contributed by atoms with Crippen LogP contribution in [-0.2, 0) is 0 Å². The van der Waals surface area contributed by atoms with Crippen LogP contribution in [0.1, 0.15) is 43.5 Å². The molecule has 0 bridgehead atoms. The van der Waals surface area contributed by atoms with Crippen LogP contribution in [0, 0.1) is 6.92 Å². The van der Waals surface area contributed by atoms with Crippen LogP contribution >= 0.6 is 0 Å². The van der Waals surface area contributed by atoms with Crippen LogP contribution in [-0.4, -0.2) is 35.7 Å². The maximum absolute atomic E-state index is 10.1. The normalized spacial score (nSPS) is 21.7. The zero-order valence-corrected chi connectivity index (χ0v) is 12.1. The minimum absolute atomic E-state index is 0.544. The number of aliphatic hydroxyl groups is 1. The lowest BCUT2D eigenvalue weighted by Crippen LogP contribution is -2.33. The molecule has 2 unspecified atom stereocenters. The highest BCUT2D eigenvalue weighted by atomic mass is 16.3. The van der Waals surface area contributed by atoms with Gasteiger partial charge in [0.15, 0.2) is 0 Å². The molecular weight excluding hydrogens is 236 g/mol. The molecule has 106 valence electrons. The van der Waals surface area contributed by atoms with E-state index < -0.39 is 6.23 Å². The van der Waals surface area contributed by atoms with Crippen molar-refractivity contribution in [3.63, 3.8) is 0 Å². The Morgan fingerprint density at radius 1 is 1.37 bits per heavy atom. The van der Waals surface area contributed by atoms with Crippen molar-refractivity contribution in [2.75, 3.05) is 19.6 Å². The van der Waals surface area contributed by atoms with Gasteiger partial charge in [-0.1, -0.05) is 36.8 Å². The quantitative estimate of drug-likeness (QED) is 0.773. The summed E-state index contributed by atoms with van der Waals surface area (Å²) < 4.78 is 0. The zero-order valence-electron chi connectivity index (χ0n) is 12.1. The number of rotatable bonds is 6. The molecule has 2 N–H and O–H groups in total. The summed E-state index contributed by atoms with van der Waals surface area (Å²) in [5, 5.41) is 13.3. The molecule has 1 aromatic rings. The van der Waals surface area contributed by atoms with Crippen molar-refractivity contribution in [1.82, 2.24) is 10.2 Å². The second-order valence-corrected chi connectivity index (χ2v) is 5.48. The highest BCUT2D eigenvalue weighted by Crippen LogP contribution is 2.19. The van der Waals surface area contributed by atoms with Crippen LogP contribution in [0.3, 0.4) is 0 Å². The monoisotopic (exact) mass is 262 g/mol. The summed E-state index contributed by atoms with van der Waals surface area (Å²) in [7, 11) is 0. The molecule has 19 heavy (non-hydrogen) atoms. The second-order valence-electron chi connectivity index (χ2n) is 5.48. The molecular formula is C16H26N2O. The van der Waals surface area contributed by atoms with Crippen LogP contribution in [0.15, 0.2) is 24.3 Å². The molecule has 1 aromatic carbocycles. The van der Waals surface area contributed by atoms with Crippen LogP contribution in [0.2, 0.25) is 0 Å². The Labute approximate surface area is 116 Å². The summed E-state index contributed by atoms with van der Waals surface area (Å²) in [6, 6.07) is 8.75. The molecule has 0 aromatic heterocycles. The summed E-state index contributed by atoms with van der Waals surface area (Å²) in [5.74, 6) is 0. The molecule has 2 rings (SSSR count). The first-order valence-corrected chi connectivity index (χ1v) is 7.42. The smallest absolute Gasteiger partial charge is 0.131 e. The lowest BCUT2D eigenvalue weighted by atomic mass is 10.1. The minimum Gasteiger partial charge on any atom is -0.374 e. The molecule has 1 saturated heterocycles. The van der Waals surface area contributed by atoms with Crippen molar-refractivity contribution in [3.8, 4) is 0 Å². The van der Waals surface area contributed by atoms with Crippen LogP contribution in [0.4, 0.5) is 0 Å². The maximum Gasteiger partial charge on any atom is 0.131 e. The molecule has 0 amide bonds. The molecule has 1 aliphatic rings. The summed E-state index contributed by atoms with van der Waals surface area (Å²) in [6.45, 7) is 7.54. The number of benzene rings is 1. The van der Waals surface area contributed by atoms with Crippen molar-refractivity contribution < 1.29 is 5.11 Å². The van der Waals surface area contributed by atoms with Gasteiger partial charge in [-0.15, -0.1) is 0 Å². The third kappa shape index (κ3) is 4.03. The third-order valence-electron chi connectivity index (χ3n) is 4.11. The van der Waals surface area contributed by atoms with Gasteiger partial charge in [0.2, 0.25) is 0 Å². The second kappa shape index (κ2) is 7.04. The highest BCUT2D eigenvalue weighted by Gasteiger charge is 2.22. The fourth-order valence-electron chi connectivity index (χ4n) is 2.89. The first-order chi connectivity index (χ1) is 9.20. The molecule has 0 saturated carbocycles. The van der Waals surface area contributed by atoms with Gasteiger partial charge in [-0.3, -0.25) is 5.32 Å². The fraction of sp³-hybridized carbons (Fsp3) is 0.625. The largest absolute Gasteiger partial charge is 0.374 e. The number of nitrogens with one attached hydrogen (secondary N) is 1. The molecule has 0 aliphatic carbocycles.